The van der Waals surface area contributed by atoms with Gasteiger partial charge in [-0.3, -0.25) is 9.52 Å². The Bertz CT molecular complexity index is 681. The van der Waals surface area contributed by atoms with Crippen LogP contribution in [0.5, 0.6) is 0 Å². The molecule has 1 aromatic rings. The number of nitrogens with one attached hydrogen (secondary N) is 2. The van der Waals surface area contributed by atoms with Gasteiger partial charge in [-0.1, -0.05) is 18.9 Å². The highest BCUT2D eigenvalue weighted by molar-refractivity contribution is 7.92. The maximum absolute atomic E-state index is 12.4. The van der Waals surface area contributed by atoms with Crippen LogP contribution < -0.4 is 10.0 Å². The van der Waals surface area contributed by atoms with Crippen molar-refractivity contribution in [1.29, 1.82) is 0 Å². The van der Waals surface area contributed by atoms with Crippen LogP contribution in [-0.4, -0.2) is 51.7 Å². The van der Waals surface area contributed by atoms with Crippen LogP contribution in [0.25, 0.3) is 0 Å². The summed E-state index contributed by atoms with van der Waals surface area (Å²) in [5.74, 6) is -0.162. The lowest BCUT2D eigenvalue weighted by atomic mass is 10.1. The van der Waals surface area contributed by atoms with Gasteiger partial charge in [-0.2, -0.15) is 0 Å². The first kappa shape index (κ1) is 19.7. The standard InChI is InChI=1S/C18H29N3O3S/c1-15-16(9-7-10-17(15)20-25(2,23)24)18(22)19-11-8-14-21-12-5-3-4-6-13-21/h7,9-10,20H,3-6,8,11-14H2,1-2H3,(H,19,22). The number of anilines is 1. The Kier molecular flexibility index (Phi) is 7.25. The molecule has 1 aromatic carbocycles. The molecule has 1 fully saturated rings. The van der Waals surface area contributed by atoms with E-state index in [0.717, 1.165) is 32.3 Å². The van der Waals surface area contributed by atoms with Crippen LogP contribution in [0.15, 0.2) is 18.2 Å². The molecule has 2 rings (SSSR count). The first-order valence-electron chi connectivity index (χ1n) is 8.95. The molecule has 0 radical (unpaired) electrons. The Morgan fingerprint density at radius 1 is 1.16 bits per heavy atom. The Balaban J connectivity index is 1.85. The molecule has 25 heavy (non-hydrogen) atoms. The zero-order chi connectivity index (χ0) is 18.3. The van der Waals surface area contributed by atoms with Crippen molar-refractivity contribution in [3.63, 3.8) is 0 Å². The summed E-state index contributed by atoms with van der Waals surface area (Å²) < 4.78 is 25.3. The number of carbonyl (C=O) groups excluding carboxylic acids is 1. The van der Waals surface area contributed by atoms with Gasteiger partial charge in [0.1, 0.15) is 0 Å². The van der Waals surface area contributed by atoms with Gasteiger partial charge in [0.25, 0.3) is 5.91 Å². The highest BCUT2D eigenvalue weighted by Gasteiger charge is 2.14. The summed E-state index contributed by atoms with van der Waals surface area (Å²) in [6.45, 7) is 5.70. The minimum Gasteiger partial charge on any atom is -0.352 e. The van der Waals surface area contributed by atoms with Crippen molar-refractivity contribution in [2.75, 3.05) is 37.2 Å². The monoisotopic (exact) mass is 367 g/mol. The third kappa shape index (κ3) is 6.66. The average Bonchev–Trinajstić information content (AvgIpc) is 2.81. The van der Waals surface area contributed by atoms with Crippen molar-refractivity contribution in [3.8, 4) is 0 Å². The number of likely N-dealkylation sites (tertiary alicyclic amines) is 1. The molecule has 1 aliphatic heterocycles. The zero-order valence-corrected chi connectivity index (χ0v) is 16.0. The van der Waals surface area contributed by atoms with Gasteiger partial charge in [0.05, 0.1) is 11.9 Å². The molecule has 2 N–H and O–H groups in total. The third-order valence-electron chi connectivity index (χ3n) is 4.51. The topological polar surface area (TPSA) is 78.5 Å². The maximum atomic E-state index is 12.4. The molecule has 6 nitrogen and oxygen atoms in total. The van der Waals surface area contributed by atoms with Gasteiger partial charge in [-0.25, -0.2) is 8.42 Å². The molecule has 140 valence electrons. The second kappa shape index (κ2) is 9.20. The van der Waals surface area contributed by atoms with Crippen molar-refractivity contribution in [2.24, 2.45) is 0 Å². The van der Waals surface area contributed by atoms with Gasteiger partial charge in [0.15, 0.2) is 0 Å². The van der Waals surface area contributed by atoms with E-state index in [2.05, 4.69) is 14.9 Å². The number of amides is 1. The predicted molar refractivity (Wildman–Crippen MR) is 102 cm³/mol. The molecular formula is C18H29N3O3S. The maximum Gasteiger partial charge on any atom is 0.251 e. The van der Waals surface area contributed by atoms with Crippen LogP contribution in [0.1, 0.15) is 48.0 Å². The molecule has 0 spiro atoms. The van der Waals surface area contributed by atoms with E-state index in [9.17, 15) is 13.2 Å². The fourth-order valence-electron chi connectivity index (χ4n) is 3.15. The van der Waals surface area contributed by atoms with E-state index < -0.39 is 10.0 Å². The van der Waals surface area contributed by atoms with Crippen LogP contribution in [0.2, 0.25) is 0 Å². The van der Waals surface area contributed by atoms with Gasteiger partial charge in [0, 0.05) is 12.1 Å². The molecule has 1 amide bonds. The van der Waals surface area contributed by atoms with Gasteiger partial charge in [-0.15, -0.1) is 0 Å². The lowest BCUT2D eigenvalue weighted by molar-refractivity contribution is 0.0951. The first-order valence-corrected chi connectivity index (χ1v) is 10.8. The molecule has 1 heterocycles. The van der Waals surface area contributed by atoms with Gasteiger partial charge in [0.2, 0.25) is 10.0 Å². The van der Waals surface area contributed by atoms with Crippen molar-refractivity contribution in [3.05, 3.63) is 29.3 Å². The summed E-state index contributed by atoms with van der Waals surface area (Å²) in [6, 6.07) is 5.06. The van der Waals surface area contributed by atoms with Gasteiger partial charge >= 0.3 is 0 Å². The molecular weight excluding hydrogens is 338 g/mol. The molecule has 0 aliphatic carbocycles. The van der Waals surface area contributed by atoms with Crippen LogP contribution >= 0.6 is 0 Å². The molecule has 0 atom stereocenters. The number of carbonyl (C=O) groups is 1. The zero-order valence-electron chi connectivity index (χ0n) is 15.2. The first-order chi connectivity index (χ1) is 11.9. The van der Waals surface area contributed by atoms with Crippen LogP contribution in [-0.2, 0) is 10.0 Å². The summed E-state index contributed by atoms with van der Waals surface area (Å²) in [5.41, 5.74) is 1.58. The van der Waals surface area contributed by atoms with Crippen LogP contribution in [0.4, 0.5) is 5.69 Å². The smallest absolute Gasteiger partial charge is 0.251 e. The van der Waals surface area contributed by atoms with Crippen molar-refractivity contribution < 1.29 is 13.2 Å². The Morgan fingerprint density at radius 3 is 2.48 bits per heavy atom. The molecule has 7 heteroatoms. The highest BCUT2D eigenvalue weighted by Crippen LogP contribution is 2.19. The highest BCUT2D eigenvalue weighted by atomic mass is 32.2. The molecule has 0 saturated carbocycles. The fourth-order valence-corrected chi connectivity index (χ4v) is 3.77. The Labute approximate surface area is 151 Å². The molecule has 1 aliphatic rings. The van der Waals surface area contributed by atoms with Crippen LogP contribution in [0, 0.1) is 6.92 Å². The molecule has 0 unspecified atom stereocenters. The molecule has 0 aromatic heterocycles. The average molecular weight is 368 g/mol. The number of rotatable bonds is 7. The number of nitrogens with zero attached hydrogens (tertiary/aromatic N) is 1. The van der Waals surface area contributed by atoms with Gasteiger partial charge in [-0.05, 0) is 63.5 Å². The lowest BCUT2D eigenvalue weighted by Gasteiger charge is -2.19. The van der Waals surface area contributed by atoms with E-state index in [1.165, 1.54) is 25.7 Å². The van der Waals surface area contributed by atoms with Gasteiger partial charge < -0.3 is 10.2 Å². The van der Waals surface area contributed by atoms with E-state index in [4.69, 9.17) is 0 Å². The molecule has 0 bridgehead atoms. The summed E-state index contributed by atoms with van der Waals surface area (Å²) in [6.07, 6.45) is 7.21. The lowest BCUT2D eigenvalue weighted by Crippen LogP contribution is -2.31. The quantitative estimate of drug-likeness (QED) is 0.725. The third-order valence-corrected chi connectivity index (χ3v) is 5.10. The number of sulfonamides is 1. The second-order valence-electron chi connectivity index (χ2n) is 6.72. The predicted octanol–water partition coefficient (Wildman–Crippen LogP) is 2.36. The SMILES string of the molecule is Cc1c(NS(C)(=O)=O)cccc1C(=O)NCCCN1CCCCCC1. The number of hydrogen-bond acceptors (Lipinski definition) is 4. The Hall–Kier alpha value is -1.60. The molecule has 1 saturated heterocycles. The minimum absolute atomic E-state index is 0.162. The van der Waals surface area contributed by atoms with E-state index >= 15 is 0 Å². The number of hydrogen-bond donors (Lipinski definition) is 2. The van der Waals surface area contributed by atoms with E-state index in [1.54, 1.807) is 25.1 Å². The van der Waals surface area contributed by atoms with E-state index in [0.29, 0.717) is 23.4 Å². The van der Waals surface area contributed by atoms with Crippen LogP contribution in [0.3, 0.4) is 0 Å². The normalized spacial score (nSPS) is 16.2. The minimum atomic E-state index is -3.37. The summed E-state index contributed by atoms with van der Waals surface area (Å²) in [5, 5.41) is 2.94. The summed E-state index contributed by atoms with van der Waals surface area (Å²) in [4.78, 5) is 14.9. The number of benzene rings is 1. The van der Waals surface area contributed by atoms with Crippen molar-refractivity contribution >= 4 is 21.6 Å². The van der Waals surface area contributed by atoms with E-state index in [1.807, 2.05) is 0 Å². The summed E-state index contributed by atoms with van der Waals surface area (Å²) in [7, 11) is -3.37. The fraction of sp³-hybridized carbons (Fsp3) is 0.611. The Morgan fingerprint density at radius 2 is 1.84 bits per heavy atom. The second-order valence-corrected chi connectivity index (χ2v) is 8.47. The van der Waals surface area contributed by atoms with Crippen molar-refractivity contribution in [2.45, 2.75) is 39.0 Å². The van der Waals surface area contributed by atoms with E-state index in [-0.39, 0.29) is 5.91 Å². The largest absolute Gasteiger partial charge is 0.352 e. The van der Waals surface area contributed by atoms with Crippen molar-refractivity contribution in [1.82, 2.24) is 10.2 Å². The summed E-state index contributed by atoms with van der Waals surface area (Å²) >= 11 is 0.